The summed E-state index contributed by atoms with van der Waals surface area (Å²) in [5.41, 5.74) is 7.49. The molecular formula is C18H21FN4O2. The number of nitrogens with two attached hydrogens (primary N) is 1. The molecule has 1 fully saturated rings. The highest BCUT2D eigenvalue weighted by molar-refractivity contribution is 5.98. The second-order valence-electron chi connectivity index (χ2n) is 6.14. The smallest absolute Gasteiger partial charge is 0.252 e. The van der Waals surface area contributed by atoms with Gasteiger partial charge in [0.25, 0.3) is 5.91 Å². The minimum absolute atomic E-state index is 0.289. The molecule has 0 atom stereocenters. The molecule has 1 aliphatic rings. The lowest BCUT2D eigenvalue weighted by Gasteiger charge is -2.31. The van der Waals surface area contributed by atoms with Gasteiger partial charge in [-0.1, -0.05) is 6.07 Å². The Labute approximate surface area is 145 Å². The van der Waals surface area contributed by atoms with Crippen LogP contribution in [0, 0.1) is 5.82 Å². The molecule has 132 valence electrons. The third kappa shape index (κ3) is 4.06. The summed E-state index contributed by atoms with van der Waals surface area (Å²) in [5.74, 6) is -0.857. The second kappa shape index (κ2) is 7.48. The maximum atomic E-state index is 14.4. The molecule has 0 saturated carbocycles. The zero-order valence-corrected chi connectivity index (χ0v) is 13.8. The summed E-state index contributed by atoms with van der Waals surface area (Å²) in [5, 5.41) is 12.6. The molecule has 1 saturated heterocycles. The van der Waals surface area contributed by atoms with Crippen LogP contribution in [0.2, 0.25) is 0 Å². The number of aliphatic hydroxyl groups is 1. The van der Waals surface area contributed by atoms with Gasteiger partial charge in [0, 0.05) is 32.0 Å². The number of aliphatic hydroxyl groups excluding tert-OH is 1. The predicted octanol–water partition coefficient (Wildman–Crippen LogP) is 1.89. The first-order valence-corrected chi connectivity index (χ1v) is 8.23. The van der Waals surface area contributed by atoms with Gasteiger partial charge in [0.15, 0.2) is 0 Å². The molecule has 1 aromatic heterocycles. The van der Waals surface area contributed by atoms with Crippen LogP contribution in [0.4, 0.5) is 15.8 Å². The fourth-order valence-corrected chi connectivity index (χ4v) is 2.97. The van der Waals surface area contributed by atoms with Crippen molar-refractivity contribution in [2.75, 3.05) is 23.3 Å². The topological polar surface area (TPSA) is 91.5 Å². The molecule has 0 spiro atoms. The van der Waals surface area contributed by atoms with Gasteiger partial charge in [-0.3, -0.25) is 9.78 Å². The minimum atomic E-state index is -0.565. The molecule has 2 aromatic rings. The van der Waals surface area contributed by atoms with Gasteiger partial charge in [-0.15, -0.1) is 0 Å². The number of primary amides is 1. The van der Waals surface area contributed by atoms with Gasteiger partial charge >= 0.3 is 0 Å². The average Bonchev–Trinajstić information content (AvgIpc) is 2.61. The van der Waals surface area contributed by atoms with Crippen molar-refractivity contribution in [1.29, 1.82) is 0 Å². The first-order chi connectivity index (χ1) is 12.0. The molecule has 7 heteroatoms. The Kier molecular flexibility index (Phi) is 5.14. The van der Waals surface area contributed by atoms with E-state index in [2.05, 4.69) is 10.3 Å². The molecule has 6 nitrogen and oxygen atoms in total. The number of aromatic nitrogens is 1. The number of piperidine rings is 1. The van der Waals surface area contributed by atoms with Gasteiger partial charge < -0.3 is 21.1 Å². The highest BCUT2D eigenvalue weighted by Crippen LogP contribution is 2.25. The van der Waals surface area contributed by atoms with Crippen LogP contribution in [-0.2, 0) is 6.54 Å². The van der Waals surface area contributed by atoms with Crippen molar-refractivity contribution in [3.8, 4) is 0 Å². The first kappa shape index (κ1) is 17.2. The fraction of sp³-hybridized carbons (Fsp3) is 0.333. The Morgan fingerprint density at radius 2 is 2.12 bits per heavy atom. The zero-order valence-electron chi connectivity index (χ0n) is 13.8. The number of halogens is 1. The zero-order chi connectivity index (χ0) is 17.8. The summed E-state index contributed by atoms with van der Waals surface area (Å²) < 4.78 is 14.4. The molecule has 4 N–H and O–H groups in total. The maximum Gasteiger partial charge on any atom is 0.252 e. The Balaban J connectivity index is 1.68. The van der Waals surface area contributed by atoms with Gasteiger partial charge in [0.1, 0.15) is 5.82 Å². The summed E-state index contributed by atoms with van der Waals surface area (Å²) in [6.07, 6.45) is 3.98. The lowest BCUT2D eigenvalue weighted by molar-refractivity contribution is 0.100. The lowest BCUT2D eigenvalue weighted by atomic mass is 10.1. The normalized spacial score (nSPS) is 15.2. The monoisotopic (exact) mass is 344 g/mol. The highest BCUT2D eigenvalue weighted by atomic mass is 19.1. The van der Waals surface area contributed by atoms with Crippen molar-refractivity contribution in [2.24, 2.45) is 5.73 Å². The van der Waals surface area contributed by atoms with Crippen LogP contribution >= 0.6 is 0 Å². The molecule has 0 unspecified atom stereocenters. The molecule has 1 amide bonds. The van der Waals surface area contributed by atoms with E-state index in [1.165, 1.54) is 12.3 Å². The largest absolute Gasteiger partial charge is 0.393 e. The number of carbonyl (C=O) groups is 1. The summed E-state index contributed by atoms with van der Waals surface area (Å²) in [4.78, 5) is 17.2. The molecule has 2 heterocycles. The molecule has 1 aliphatic heterocycles. The van der Waals surface area contributed by atoms with Crippen LogP contribution in [0.1, 0.15) is 28.8 Å². The highest BCUT2D eigenvalue weighted by Gasteiger charge is 2.19. The van der Waals surface area contributed by atoms with E-state index in [0.29, 0.717) is 49.4 Å². The third-order valence-electron chi connectivity index (χ3n) is 4.39. The minimum Gasteiger partial charge on any atom is -0.393 e. The standard InChI is InChI=1S/C18H21FN4O2/c19-15-9-12(1-2-17(15)23-7-4-13(24)5-8-23)10-22-16-3-6-21-11-14(16)18(20)25/h1-3,6,9,11,13,24H,4-5,7-8,10H2,(H2,20,25)(H,21,22). The maximum absolute atomic E-state index is 14.4. The van der Waals surface area contributed by atoms with Crippen molar-refractivity contribution in [3.05, 3.63) is 53.6 Å². The Hall–Kier alpha value is -2.67. The van der Waals surface area contributed by atoms with Crippen LogP contribution in [0.25, 0.3) is 0 Å². The van der Waals surface area contributed by atoms with Crippen molar-refractivity contribution < 1.29 is 14.3 Å². The molecule has 0 radical (unpaired) electrons. The van der Waals surface area contributed by atoms with Gasteiger partial charge in [0.2, 0.25) is 0 Å². The number of hydrogen-bond donors (Lipinski definition) is 3. The molecule has 0 aliphatic carbocycles. The van der Waals surface area contributed by atoms with Gasteiger partial charge in [-0.05, 0) is 36.6 Å². The number of hydrogen-bond acceptors (Lipinski definition) is 5. The first-order valence-electron chi connectivity index (χ1n) is 8.23. The molecular weight excluding hydrogens is 323 g/mol. The third-order valence-corrected chi connectivity index (χ3v) is 4.39. The molecule has 1 aromatic carbocycles. The van der Waals surface area contributed by atoms with E-state index >= 15 is 0 Å². The number of amides is 1. The van der Waals surface area contributed by atoms with Crippen molar-refractivity contribution in [2.45, 2.75) is 25.5 Å². The predicted molar refractivity (Wildman–Crippen MR) is 93.9 cm³/mol. The van der Waals surface area contributed by atoms with Crippen LogP contribution in [0.3, 0.4) is 0 Å². The quantitative estimate of drug-likeness (QED) is 0.770. The summed E-state index contributed by atoms with van der Waals surface area (Å²) in [6.45, 7) is 1.66. The van der Waals surface area contributed by atoms with E-state index in [1.807, 2.05) is 11.0 Å². The van der Waals surface area contributed by atoms with Crippen LogP contribution in [0.5, 0.6) is 0 Å². The van der Waals surface area contributed by atoms with Gasteiger partial charge in [-0.2, -0.15) is 0 Å². The van der Waals surface area contributed by atoms with E-state index < -0.39 is 5.91 Å². The van der Waals surface area contributed by atoms with Crippen molar-refractivity contribution >= 4 is 17.3 Å². The number of nitrogens with one attached hydrogen (secondary N) is 1. The van der Waals surface area contributed by atoms with Gasteiger partial charge in [0.05, 0.1) is 23.0 Å². The van der Waals surface area contributed by atoms with E-state index in [9.17, 15) is 14.3 Å². The van der Waals surface area contributed by atoms with Crippen molar-refractivity contribution in [1.82, 2.24) is 4.98 Å². The second-order valence-corrected chi connectivity index (χ2v) is 6.14. The fourth-order valence-electron chi connectivity index (χ4n) is 2.97. The summed E-state index contributed by atoms with van der Waals surface area (Å²) >= 11 is 0. The number of nitrogens with zero attached hydrogens (tertiary/aromatic N) is 2. The van der Waals surface area contributed by atoms with Gasteiger partial charge in [-0.25, -0.2) is 4.39 Å². The van der Waals surface area contributed by atoms with E-state index in [4.69, 9.17) is 5.73 Å². The molecule has 3 rings (SSSR count). The number of carbonyl (C=O) groups excluding carboxylic acids is 1. The van der Waals surface area contributed by atoms with Crippen LogP contribution in [-0.4, -0.2) is 35.2 Å². The SMILES string of the molecule is NC(=O)c1cnccc1NCc1ccc(N2CCC(O)CC2)c(F)c1. The summed E-state index contributed by atoms with van der Waals surface area (Å²) in [6, 6.07) is 6.75. The number of benzene rings is 1. The number of pyridine rings is 1. The van der Waals surface area contributed by atoms with E-state index in [-0.39, 0.29) is 11.9 Å². The average molecular weight is 344 g/mol. The number of anilines is 2. The Bertz CT molecular complexity index is 760. The van der Waals surface area contributed by atoms with Crippen LogP contribution < -0.4 is 16.0 Å². The Morgan fingerprint density at radius 3 is 2.80 bits per heavy atom. The molecule has 25 heavy (non-hydrogen) atoms. The van der Waals surface area contributed by atoms with Crippen LogP contribution in [0.15, 0.2) is 36.7 Å². The van der Waals surface area contributed by atoms with E-state index in [0.717, 1.165) is 5.56 Å². The van der Waals surface area contributed by atoms with Crippen molar-refractivity contribution in [3.63, 3.8) is 0 Å². The summed E-state index contributed by atoms with van der Waals surface area (Å²) in [7, 11) is 0. The number of rotatable bonds is 5. The van der Waals surface area contributed by atoms with E-state index in [1.54, 1.807) is 18.3 Å². The lowest BCUT2D eigenvalue weighted by Crippen LogP contribution is -2.36. The Morgan fingerprint density at radius 1 is 1.36 bits per heavy atom. The molecule has 0 bridgehead atoms.